The minimum absolute atomic E-state index is 0.0770. The summed E-state index contributed by atoms with van der Waals surface area (Å²) >= 11 is 0. The molecule has 1 rings (SSSR count). The van der Waals surface area contributed by atoms with Crippen LogP contribution in [0.1, 0.15) is 59.3 Å². The first-order valence-electron chi connectivity index (χ1n) is 6.48. The molecule has 0 aromatic rings. The van der Waals surface area contributed by atoms with E-state index in [1.54, 1.807) is 0 Å². The van der Waals surface area contributed by atoms with Crippen molar-refractivity contribution in [2.45, 2.75) is 71.0 Å². The highest BCUT2D eigenvalue weighted by atomic mass is 16.5. The topological polar surface area (TPSA) is 35.2 Å². The first-order valence-corrected chi connectivity index (χ1v) is 6.48. The molecule has 0 bridgehead atoms. The average molecular weight is 213 g/mol. The minimum Gasteiger partial charge on any atom is -0.372 e. The van der Waals surface area contributed by atoms with E-state index < -0.39 is 0 Å². The molecule has 1 fully saturated rings. The van der Waals surface area contributed by atoms with E-state index in [-0.39, 0.29) is 5.60 Å². The van der Waals surface area contributed by atoms with Gasteiger partial charge in [0, 0.05) is 0 Å². The van der Waals surface area contributed by atoms with E-state index in [9.17, 15) is 0 Å². The monoisotopic (exact) mass is 213 g/mol. The van der Waals surface area contributed by atoms with Crippen LogP contribution in [0.4, 0.5) is 0 Å². The Kier molecular flexibility index (Phi) is 5.07. The van der Waals surface area contributed by atoms with Crippen molar-refractivity contribution in [1.82, 2.24) is 0 Å². The summed E-state index contributed by atoms with van der Waals surface area (Å²) in [7, 11) is 0. The fourth-order valence-electron chi connectivity index (χ4n) is 2.61. The maximum atomic E-state index is 6.12. The lowest BCUT2D eigenvalue weighted by Gasteiger charge is -2.26. The molecule has 2 heteroatoms. The molecule has 1 aliphatic heterocycles. The summed E-state index contributed by atoms with van der Waals surface area (Å²) in [6, 6.07) is 0. The van der Waals surface area contributed by atoms with Crippen molar-refractivity contribution >= 4 is 0 Å². The second kappa shape index (κ2) is 5.86. The van der Waals surface area contributed by atoms with Gasteiger partial charge in [-0.25, -0.2) is 0 Å². The molecule has 2 atom stereocenters. The summed E-state index contributed by atoms with van der Waals surface area (Å²) in [5.41, 5.74) is 5.65. The van der Waals surface area contributed by atoms with Gasteiger partial charge in [0.25, 0.3) is 0 Å². The van der Waals surface area contributed by atoms with Crippen LogP contribution in [0.15, 0.2) is 0 Å². The van der Waals surface area contributed by atoms with E-state index in [4.69, 9.17) is 10.5 Å². The van der Waals surface area contributed by atoms with Crippen LogP contribution in [0, 0.1) is 5.92 Å². The van der Waals surface area contributed by atoms with Crippen molar-refractivity contribution in [3.05, 3.63) is 0 Å². The van der Waals surface area contributed by atoms with Crippen LogP contribution in [0.5, 0.6) is 0 Å². The molecule has 1 saturated heterocycles. The molecule has 1 aliphatic rings. The Bertz CT molecular complexity index is 179. The fourth-order valence-corrected chi connectivity index (χ4v) is 2.61. The number of ether oxygens (including phenoxy) is 1. The Balaban J connectivity index is 2.37. The van der Waals surface area contributed by atoms with Gasteiger partial charge in [0.1, 0.15) is 0 Å². The van der Waals surface area contributed by atoms with E-state index in [0.29, 0.717) is 12.0 Å². The molecule has 90 valence electrons. The van der Waals surface area contributed by atoms with Gasteiger partial charge in [-0.1, -0.05) is 19.8 Å². The predicted octanol–water partition coefficient (Wildman–Crippen LogP) is 3.10. The van der Waals surface area contributed by atoms with E-state index in [1.807, 2.05) is 0 Å². The predicted molar refractivity (Wildman–Crippen MR) is 64.9 cm³/mol. The van der Waals surface area contributed by atoms with Gasteiger partial charge in [0.15, 0.2) is 0 Å². The SMILES string of the molecule is CCCCC1CC(CCCN)C(C)(C)O1. The van der Waals surface area contributed by atoms with Crippen molar-refractivity contribution < 1.29 is 4.74 Å². The van der Waals surface area contributed by atoms with Gasteiger partial charge in [-0.05, 0) is 52.0 Å². The molecule has 0 aromatic heterocycles. The molecule has 0 spiro atoms. The second-order valence-electron chi connectivity index (χ2n) is 5.35. The van der Waals surface area contributed by atoms with Crippen LogP contribution >= 0.6 is 0 Å². The zero-order chi connectivity index (χ0) is 11.3. The number of nitrogens with two attached hydrogens (primary N) is 1. The van der Waals surface area contributed by atoms with Gasteiger partial charge in [-0.15, -0.1) is 0 Å². The largest absolute Gasteiger partial charge is 0.372 e. The van der Waals surface area contributed by atoms with E-state index in [2.05, 4.69) is 20.8 Å². The third-order valence-electron chi connectivity index (χ3n) is 3.64. The molecule has 2 N–H and O–H groups in total. The summed E-state index contributed by atoms with van der Waals surface area (Å²) < 4.78 is 6.12. The lowest BCUT2D eigenvalue weighted by molar-refractivity contribution is -0.0357. The van der Waals surface area contributed by atoms with Crippen molar-refractivity contribution in [3.8, 4) is 0 Å². The number of rotatable bonds is 6. The summed E-state index contributed by atoms with van der Waals surface area (Å²) in [5, 5.41) is 0. The van der Waals surface area contributed by atoms with E-state index >= 15 is 0 Å². The average Bonchev–Trinajstić information content (AvgIpc) is 2.47. The molecule has 0 amide bonds. The first kappa shape index (κ1) is 13.0. The first-order chi connectivity index (χ1) is 7.10. The normalized spacial score (nSPS) is 29.6. The Hall–Kier alpha value is -0.0800. The Morgan fingerprint density at radius 3 is 2.60 bits per heavy atom. The fraction of sp³-hybridized carbons (Fsp3) is 1.00. The lowest BCUT2D eigenvalue weighted by Crippen LogP contribution is -2.28. The van der Waals surface area contributed by atoms with E-state index in [1.165, 1.54) is 32.1 Å². The van der Waals surface area contributed by atoms with Crippen LogP contribution in [0.3, 0.4) is 0 Å². The highest BCUT2D eigenvalue weighted by Gasteiger charge is 2.40. The van der Waals surface area contributed by atoms with Crippen molar-refractivity contribution in [1.29, 1.82) is 0 Å². The molecule has 0 aromatic carbocycles. The second-order valence-corrected chi connectivity index (χ2v) is 5.35. The molecule has 0 radical (unpaired) electrons. The highest BCUT2D eigenvalue weighted by molar-refractivity contribution is 4.89. The standard InChI is InChI=1S/C13H27NO/c1-4-5-8-12-10-11(7-6-9-14)13(2,3)15-12/h11-12H,4-10,14H2,1-3H3. The summed E-state index contributed by atoms with van der Waals surface area (Å²) in [6.07, 6.45) is 7.91. The Morgan fingerprint density at radius 1 is 1.27 bits per heavy atom. The quantitative estimate of drug-likeness (QED) is 0.736. The van der Waals surface area contributed by atoms with Crippen molar-refractivity contribution in [3.63, 3.8) is 0 Å². The van der Waals surface area contributed by atoms with Gasteiger partial charge in [-0.3, -0.25) is 0 Å². The van der Waals surface area contributed by atoms with Gasteiger partial charge in [0.2, 0.25) is 0 Å². The summed E-state index contributed by atoms with van der Waals surface area (Å²) in [6.45, 7) is 7.53. The lowest BCUT2D eigenvalue weighted by atomic mass is 9.85. The Morgan fingerprint density at radius 2 is 2.00 bits per heavy atom. The highest BCUT2D eigenvalue weighted by Crippen LogP contribution is 2.39. The third kappa shape index (κ3) is 3.76. The van der Waals surface area contributed by atoms with Crippen LogP contribution in [0.25, 0.3) is 0 Å². The smallest absolute Gasteiger partial charge is 0.0659 e. The van der Waals surface area contributed by atoms with Crippen LogP contribution in [0.2, 0.25) is 0 Å². The maximum absolute atomic E-state index is 6.12. The zero-order valence-corrected chi connectivity index (χ0v) is 10.6. The number of unbranched alkanes of at least 4 members (excludes halogenated alkanes) is 1. The van der Waals surface area contributed by atoms with Gasteiger partial charge in [0.05, 0.1) is 11.7 Å². The zero-order valence-electron chi connectivity index (χ0n) is 10.6. The maximum Gasteiger partial charge on any atom is 0.0659 e. The Labute approximate surface area is 94.6 Å². The van der Waals surface area contributed by atoms with Gasteiger partial charge < -0.3 is 10.5 Å². The third-order valence-corrected chi connectivity index (χ3v) is 3.64. The molecule has 2 nitrogen and oxygen atoms in total. The van der Waals surface area contributed by atoms with Crippen LogP contribution in [-0.4, -0.2) is 18.2 Å². The minimum atomic E-state index is 0.0770. The molecule has 0 aliphatic carbocycles. The van der Waals surface area contributed by atoms with E-state index in [0.717, 1.165) is 13.0 Å². The van der Waals surface area contributed by atoms with Crippen LogP contribution < -0.4 is 5.73 Å². The summed E-state index contributed by atoms with van der Waals surface area (Å²) in [5.74, 6) is 0.711. The number of hydrogen-bond donors (Lipinski definition) is 1. The van der Waals surface area contributed by atoms with Gasteiger partial charge >= 0.3 is 0 Å². The van der Waals surface area contributed by atoms with Gasteiger partial charge in [-0.2, -0.15) is 0 Å². The van der Waals surface area contributed by atoms with Crippen LogP contribution in [-0.2, 0) is 4.74 Å². The molecule has 2 unspecified atom stereocenters. The molecule has 1 heterocycles. The van der Waals surface area contributed by atoms with Crippen molar-refractivity contribution in [2.24, 2.45) is 11.7 Å². The molecule has 0 saturated carbocycles. The molecular formula is C13H27NO. The summed E-state index contributed by atoms with van der Waals surface area (Å²) in [4.78, 5) is 0. The molecule has 15 heavy (non-hydrogen) atoms. The number of hydrogen-bond acceptors (Lipinski definition) is 2. The van der Waals surface area contributed by atoms with Crippen molar-refractivity contribution in [2.75, 3.05) is 6.54 Å². The molecular weight excluding hydrogens is 186 g/mol.